The van der Waals surface area contributed by atoms with Crippen LogP contribution in [0.3, 0.4) is 0 Å². The quantitative estimate of drug-likeness (QED) is 0.549. The Hall–Kier alpha value is -0.330. The van der Waals surface area contributed by atoms with Gasteiger partial charge in [-0.25, -0.2) is 0 Å². The van der Waals surface area contributed by atoms with E-state index in [9.17, 15) is 0 Å². The fourth-order valence-corrected chi connectivity index (χ4v) is 1.22. The lowest BCUT2D eigenvalue weighted by Crippen LogP contribution is -1.97. The maximum absolute atomic E-state index is 4.35. The van der Waals surface area contributed by atoms with Crippen LogP contribution in [0.5, 0.6) is 0 Å². The molecule has 1 aliphatic rings. The molecule has 1 heteroatoms. The van der Waals surface area contributed by atoms with Crippen molar-refractivity contribution in [2.75, 3.05) is 0 Å². The second-order valence-corrected chi connectivity index (χ2v) is 2.71. The minimum atomic E-state index is 0.685. The molecule has 0 N–H and O–H groups in total. The van der Waals surface area contributed by atoms with Gasteiger partial charge in [0.1, 0.15) is 0 Å². The van der Waals surface area contributed by atoms with Gasteiger partial charge in [-0.2, -0.15) is 0 Å². The van der Waals surface area contributed by atoms with Gasteiger partial charge >= 0.3 is 0 Å². The molecule has 1 heterocycles. The van der Waals surface area contributed by atoms with Crippen LogP contribution in [-0.2, 0) is 0 Å². The molecule has 1 atom stereocenters. The molecule has 0 aromatic heterocycles. The van der Waals surface area contributed by atoms with Crippen LogP contribution in [0.4, 0.5) is 0 Å². The predicted molar refractivity (Wildman–Crippen MR) is 41.0 cm³/mol. The van der Waals surface area contributed by atoms with Gasteiger partial charge in [0.2, 0.25) is 0 Å². The second kappa shape index (κ2) is 3.65. The molecular weight excluding hydrogens is 110 g/mol. The van der Waals surface area contributed by atoms with Gasteiger partial charge in [0.25, 0.3) is 0 Å². The largest absolute Gasteiger partial charge is 0.294 e. The van der Waals surface area contributed by atoms with Crippen LogP contribution in [0.25, 0.3) is 0 Å². The third kappa shape index (κ3) is 2.17. The SMILES string of the molecule is CCCCC1CCC=N1. The minimum Gasteiger partial charge on any atom is -0.294 e. The van der Waals surface area contributed by atoms with E-state index in [4.69, 9.17) is 0 Å². The van der Waals surface area contributed by atoms with Crippen LogP contribution in [0.2, 0.25) is 0 Å². The summed E-state index contributed by atoms with van der Waals surface area (Å²) in [4.78, 5) is 4.35. The molecule has 0 radical (unpaired) electrons. The summed E-state index contributed by atoms with van der Waals surface area (Å²) in [6, 6.07) is 0.685. The highest BCUT2D eigenvalue weighted by Crippen LogP contribution is 2.14. The molecule has 52 valence electrons. The Balaban J connectivity index is 2.05. The zero-order valence-electron chi connectivity index (χ0n) is 6.14. The van der Waals surface area contributed by atoms with Crippen LogP contribution in [0.15, 0.2) is 4.99 Å². The highest BCUT2D eigenvalue weighted by Gasteiger charge is 2.07. The molecule has 1 nitrogen and oxygen atoms in total. The van der Waals surface area contributed by atoms with Gasteiger partial charge in [-0.3, -0.25) is 4.99 Å². The van der Waals surface area contributed by atoms with Gasteiger partial charge in [-0.05, 0) is 25.5 Å². The van der Waals surface area contributed by atoms with Crippen molar-refractivity contribution in [1.82, 2.24) is 0 Å². The van der Waals surface area contributed by atoms with E-state index < -0.39 is 0 Å². The topological polar surface area (TPSA) is 12.4 Å². The van der Waals surface area contributed by atoms with Crippen molar-refractivity contribution >= 4 is 6.21 Å². The number of aliphatic imine (C=N–C) groups is 1. The summed E-state index contributed by atoms with van der Waals surface area (Å²) in [7, 11) is 0. The molecule has 1 unspecified atom stereocenters. The average Bonchev–Trinajstić information content (AvgIpc) is 2.34. The van der Waals surface area contributed by atoms with Gasteiger partial charge in [-0.15, -0.1) is 0 Å². The molecular formula is C8H15N. The van der Waals surface area contributed by atoms with Crippen LogP contribution in [0.1, 0.15) is 39.0 Å². The highest BCUT2D eigenvalue weighted by atomic mass is 14.8. The van der Waals surface area contributed by atoms with Crippen LogP contribution < -0.4 is 0 Å². The van der Waals surface area contributed by atoms with Crippen molar-refractivity contribution in [3.63, 3.8) is 0 Å². The number of nitrogens with zero attached hydrogens (tertiary/aromatic N) is 1. The lowest BCUT2D eigenvalue weighted by atomic mass is 10.1. The zero-order chi connectivity index (χ0) is 6.53. The number of rotatable bonds is 3. The highest BCUT2D eigenvalue weighted by molar-refractivity contribution is 5.59. The summed E-state index contributed by atoms with van der Waals surface area (Å²) in [5.41, 5.74) is 0. The van der Waals surface area contributed by atoms with Crippen molar-refractivity contribution in [3.8, 4) is 0 Å². The smallest absolute Gasteiger partial charge is 0.0499 e. The Labute approximate surface area is 57.2 Å². The minimum absolute atomic E-state index is 0.685. The summed E-state index contributed by atoms with van der Waals surface area (Å²) in [5, 5.41) is 0. The van der Waals surface area contributed by atoms with Gasteiger partial charge in [-0.1, -0.05) is 19.8 Å². The zero-order valence-corrected chi connectivity index (χ0v) is 6.14. The molecule has 1 aliphatic heterocycles. The molecule has 0 aliphatic carbocycles. The van der Waals surface area contributed by atoms with Gasteiger partial charge in [0.05, 0.1) is 0 Å². The second-order valence-electron chi connectivity index (χ2n) is 2.71. The molecule has 0 bridgehead atoms. The van der Waals surface area contributed by atoms with Gasteiger partial charge in [0.15, 0.2) is 0 Å². The Bertz CT molecular complexity index is 96.7. The lowest BCUT2D eigenvalue weighted by Gasteiger charge is -2.02. The first-order valence-electron chi connectivity index (χ1n) is 3.95. The Morgan fingerprint density at radius 3 is 3.11 bits per heavy atom. The number of hydrogen-bond donors (Lipinski definition) is 0. The maximum Gasteiger partial charge on any atom is 0.0499 e. The lowest BCUT2D eigenvalue weighted by molar-refractivity contribution is 0.577. The Morgan fingerprint density at radius 1 is 1.67 bits per heavy atom. The fraction of sp³-hybridized carbons (Fsp3) is 0.875. The first-order valence-corrected chi connectivity index (χ1v) is 3.95. The summed E-state index contributed by atoms with van der Waals surface area (Å²) in [5.74, 6) is 0. The molecule has 0 fully saturated rings. The van der Waals surface area contributed by atoms with Crippen LogP contribution >= 0.6 is 0 Å². The van der Waals surface area contributed by atoms with Gasteiger partial charge in [0, 0.05) is 6.04 Å². The Morgan fingerprint density at radius 2 is 2.56 bits per heavy atom. The maximum atomic E-state index is 4.35. The Kier molecular flexibility index (Phi) is 2.75. The van der Waals surface area contributed by atoms with E-state index in [2.05, 4.69) is 18.1 Å². The first kappa shape index (κ1) is 6.79. The van der Waals surface area contributed by atoms with Crippen molar-refractivity contribution in [1.29, 1.82) is 0 Å². The average molecular weight is 125 g/mol. The van der Waals surface area contributed by atoms with Crippen LogP contribution in [-0.4, -0.2) is 12.3 Å². The summed E-state index contributed by atoms with van der Waals surface area (Å²) < 4.78 is 0. The van der Waals surface area contributed by atoms with E-state index in [-0.39, 0.29) is 0 Å². The molecule has 0 amide bonds. The van der Waals surface area contributed by atoms with E-state index in [0.717, 1.165) is 0 Å². The third-order valence-corrected chi connectivity index (χ3v) is 1.84. The summed E-state index contributed by atoms with van der Waals surface area (Å²) in [6.45, 7) is 2.23. The van der Waals surface area contributed by atoms with E-state index in [1.807, 2.05) is 0 Å². The van der Waals surface area contributed by atoms with Crippen molar-refractivity contribution in [2.24, 2.45) is 4.99 Å². The van der Waals surface area contributed by atoms with E-state index in [0.29, 0.717) is 6.04 Å². The monoisotopic (exact) mass is 125 g/mol. The standard InChI is InChI=1S/C8H15N/c1-2-3-5-8-6-4-7-9-8/h7-8H,2-6H2,1H3. The van der Waals surface area contributed by atoms with E-state index in [1.54, 1.807) is 0 Å². The van der Waals surface area contributed by atoms with E-state index >= 15 is 0 Å². The molecule has 0 spiro atoms. The fourth-order valence-electron chi connectivity index (χ4n) is 1.22. The number of unbranched alkanes of at least 4 members (excludes halogenated alkanes) is 1. The number of hydrogen-bond acceptors (Lipinski definition) is 1. The normalized spacial score (nSPS) is 25.2. The molecule has 0 aromatic carbocycles. The summed E-state index contributed by atoms with van der Waals surface area (Å²) in [6.07, 6.45) is 8.57. The van der Waals surface area contributed by atoms with Gasteiger partial charge < -0.3 is 0 Å². The molecule has 0 saturated heterocycles. The van der Waals surface area contributed by atoms with Crippen molar-refractivity contribution in [3.05, 3.63) is 0 Å². The first-order chi connectivity index (χ1) is 4.43. The molecule has 0 saturated carbocycles. The summed E-state index contributed by atoms with van der Waals surface area (Å²) >= 11 is 0. The molecule has 9 heavy (non-hydrogen) atoms. The van der Waals surface area contributed by atoms with E-state index in [1.165, 1.54) is 32.1 Å². The van der Waals surface area contributed by atoms with Crippen molar-refractivity contribution < 1.29 is 0 Å². The predicted octanol–water partition coefficient (Wildman–Crippen LogP) is 2.41. The molecule has 1 rings (SSSR count). The van der Waals surface area contributed by atoms with Crippen molar-refractivity contribution in [2.45, 2.75) is 45.1 Å². The van der Waals surface area contributed by atoms with Crippen LogP contribution in [0, 0.1) is 0 Å². The molecule has 0 aromatic rings. The third-order valence-electron chi connectivity index (χ3n) is 1.84.